The van der Waals surface area contributed by atoms with Gasteiger partial charge in [0.15, 0.2) is 0 Å². The molecule has 0 aromatic carbocycles. The van der Waals surface area contributed by atoms with Crippen LogP contribution in [0, 0.1) is 0 Å². The second-order valence-electron chi connectivity index (χ2n) is 4.40. The van der Waals surface area contributed by atoms with Gasteiger partial charge in [0.2, 0.25) is 0 Å². The van der Waals surface area contributed by atoms with E-state index < -0.39 is 0 Å². The van der Waals surface area contributed by atoms with Crippen LogP contribution in [0.2, 0.25) is 0 Å². The van der Waals surface area contributed by atoms with Gasteiger partial charge in [0.05, 0.1) is 12.1 Å². The summed E-state index contributed by atoms with van der Waals surface area (Å²) in [6.07, 6.45) is 1.91. The lowest BCUT2D eigenvalue weighted by atomic mass is 9.79. The molecule has 2 fully saturated rings. The van der Waals surface area contributed by atoms with Crippen molar-refractivity contribution in [3.63, 3.8) is 0 Å². The van der Waals surface area contributed by atoms with Crippen molar-refractivity contribution in [1.82, 2.24) is 9.80 Å². The molecule has 2 aliphatic heterocycles. The SMILES string of the molecule is C=CCN1C(=C)C2C1C(=C)N2CC(=C)C. The van der Waals surface area contributed by atoms with Crippen molar-refractivity contribution >= 4 is 0 Å². The van der Waals surface area contributed by atoms with Crippen molar-refractivity contribution in [3.05, 3.63) is 49.4 Å². The molecule has 2 saturated heterocycles. The van der Waals surface area contributed by atoms with Gasteiger partial charge < -0.3 is 9.80 Å². The van der Waals surface area contributed by atoms with Crippen LogP contribution >= 0.6 is 0 Å². The summed E-state index contributed by atoms with van der Waals surface area (Å²) < 4.78 is 0. The highest BCUT2D eigenvalue weighted by Crippen LogP contribution is 2.47. The van der Waals surface area contributed by atoms with Crippen LogP contribution in [0.3, 0.4) is 0 Å². The lowest BCUT2D eigenvalue weighted by Gasteiger charge is -2.66. The van der Waals surface area contributed by atoms with Crippen molar-refractivity contribution < 1.29 is 0 Å². The highest BCUT2D eigenvalue weighted by Gasteiger charge is 2.56. The van der Waals surface area contributed by atoms with Crippen LogP contribution in [0.15, 0.2) is 49.4 Å². The molecule has 2 atom stereocenters. The van der Waals surface area contributed by atoms with Gasteiger partial charge in [-0.15, -0.1) is 6.58 Å². The highest BCUT2D eigenvalue weighted by molar-refractivity contribution is 5.41. The van der Waals surface area contributed by atoms with E-state index in [-0.39, 0.29) is 0 Å². The number of likely N-dealkylation sites (tertiary alicyclic amines) is 2. The molecule has 0 aliphatic carbocycles. The summed E-state index contributed by atoms with van der Waals surface area (Å²) in [6, 6.07) is 0.934. The lowest BCUT2D eigenvalue weighted by Crippen LogP contribution is -2.74. The second-order valence-corrected chi connectivity index (χ2v) is 4.40. The maximum absolute atomic E-state index is 4.11. The largest absolute Gasteiger partial charge is 0.359 e. The molecule has 2 unspecified atom stereocenters. The second kappa shape index (κ2) is 3.30. The molecule has 2 aliphatic rings. The Bertz CT molecular complexity index is 354. The minimum Gasteiger partial charge on any atom is -0.359 e. The molecule has 2 heterocycles. The Balaban J connectivity index is 2.03. The topological polar surface area (TPSA) is 6.48 Å². The summed E-state index contributed by atoms with van der Waals surface area (Å²) in [5.41, 5.74) is 3.55. The third-order valence-electron chi connectivity index (χ3n) is 3.16. The van der Waals surface area contributed by atoms with Gasteiger partial charge in [0.1, 0.15) is 0 Å². The first kappa shape index (κ1) is 10.1. The first-order valence-corrected chi connectivity index (χ1v) is 5.24. The Morgan fingerprint density at radius 2 is 1.80 bits per heavy atom. The fourth-order valence-corrected chi connectivity index (χ4v) is 2.46. The molecule has 80 valence electrons. The summed E-state index contributed by atoms with van der Waals surface area (Å²) in [7, 11) is 0. The number of hydrogen-bond donors (Lipinski definition) is 0. The predicted octanol–water partition coefficient (Wildman–Crippen LogP) is 2.14. The Kier molecular flexibility index (Phi) is 2.22. The van der Waals surface area contributed by atoms with E-state index in [4.69, 9.17) is 0 Å². The van der Waals surface area contributed by atoms with Crippen molar-refractivity contribution in [2.24, 2.45) is 0 Å². The van der Waals surface area contributed by atoms with Crippen LogP contribution in [0.5, 0.6) is 0 Å². The Morgan fingerprint density at radius 1 is 1.27 bits per heavy atom. The van der Waals surface area contributed by atoms with Gasteiger partial charge >= 0.3 is 0 Å². The van der Waals surface area contributed by atoms with E-state index in [1.54, 1.807) is 0 Å². The van der Waals surface area contributed by atoms with E-state index in [0.717, 1.165) is 13.1 Å². The van der Waals surface area contributed by atoms with Crippen LogP contribution in [-0.2, 0) is 0 Å². The van der Waals surface area contributed by atoms with E-state index in [2.05, 4.69) is 36.1 Å². The molecular formula is C13H18N2. The molecule has 0 aromatic rings. The molecule has 0 spiro atoms. The Hall–Kier alpha value is -1.44. The number of rotatable bonds is 4. The van der Waals surface area contributed by atoms with Crippen LogP contribution in [0.1, 0.15) is 6.92 Å². The molecule has 2 nitrogen and oxygen atoms in total. The summed E-state index contributed by atoms with van der Waals surface area (Å²) in [5, 5.41) is 0. The quantitative estimate of drug-likeness (QED) is 0.644. The van der Waals surface area contributed by atoms with E-state index in [9.17, 15) is 0 Å². The summed E-state index contributed by atoms with van der Waals surface area (Å²) >= 11 is 0. The minimum absolute atomic E-state index is 0.467. The van der Waals surface area contributed by atoms with Gasteiger partial charge in [0.25, 0.3) is 0 Å². The number of nitrogens with zero attached hydrogens (tertiary/aromatic N) is 2. The third-order valence-corrected chi connectivity index (χ3v) is 3.16. The average Bonchev–Trinajstić information content (AvgIpc) is 2.18. The third kappa shape index (κ3) is 1.24. The van der Waals surface area contributed by atoms with Crippen molar-refractivity contribution in [2.75, 3.05) is 13.1 Å². The summed E-state index contributed by atoms with van der Waals surface area (Å²) in [5.74, 6) is 0. The van der Waals surface area contributed by atoms with E-state index in [0.29, 0.717) is 12.1 Å². The minimum atomic E-state index is 0.467. The first-order chi connectivity index (χ1) is 7.07. The average molecular weight is 202 g/mol. The maximum atomic E-state index is 4.11. The van der Waals surface area contributed by atoms with Gasteiger partial charge in [-0.05, 0) is 6.92 Å². The zero-order valence-electron chi connectivity index (χ0n) is 9.37. The molecule has 0 aromatic heterocycles. The van der Waals surface area contributed by atoms with Gasteiger partial charge in [-0.2, -0.15) is 0 Å². The molecule has 0 N–H and O–H groups in total. The molecule has 15 heavy (non-hydrogen) atoms. The van der Waals surface area contributed by atoms with E-state index in [1.165, 1.54) is 17.0 Å². The molecule has 0 saturated carbocycles. The Morgan fingerprint density at radius 3 is 2.33 bits per heavy atom. The maximum Gasteiger partial charge on any atom is 0.0944 e. The van der Waals surface area contributed by atoms with Gasteiger partial charge in [-0.1, -0.05) is 31.4 Å². The summed E-state index contributed by atoms with van der Waals surface area (Å²) in [4.78, 5) is 4.55. The lowest BCUT2D eigenvalue weighted by molar-refractivity contribution is -0.0159. The number of fused-ring (bicyclic) bond motifs is 1. The smallest absolute Gasteiger partial charge is 0.0944 e. The standard InChI is InChI=1S/C13H18N2/c1-6-7-14-10(4)13-12(14)11(5)15(13)8-9(2)3/h6,12-13H,1-2,4-5,7-8H2,3H3. The Labute approximate surface area is 91.9 Å². The molecule has 0 amide bonds. The van der Waals surface area contributed by atoms with Crippen molar-refractivity contribution in [1.29, 1.82) is 0 Å². The van der Waals surface area contributed by atoms with Crippen LogP contribution in [0.4, 0.5) is 0 Å². The molecule has 0 radical (unpaired) electrons. The molecule has 2 rings (SSSR count). The summed E-state index contributed by atoms with van der Waals surface area (Å²) in [6.45, 7) is 19.7. The van der Waals surface area contributed by atoms with Crippen molar-refractivity contribution in [3.8, 4) is 0 Å². The fourth-order valence-electron chi connectivity index (χ4n) is 2.46. The van der Waals surface area contributed by atoms with Crippen LogP contribution in [0.25, 0.3) is 0 Å². The normalized spacial score (nSPS) is 28.1. The number of hydrogen-bond acceptors (Lipinski definition) is 2. The predicted molar refractivity (Wildman–Crippen MR) is 64.3 cm³/mol. The van der Waals surface area contributed by atoms with E-state index in [1.807, 2.05) is 13.0 Å². The molecular weight excluding hydrogens is 184 g/mol. The highest BCUT2D eigenvalue weighted by atomic mass is 15.4. The molecule has 2 heteroatoms. The van der Waals surface area contributed by atoms with Crippen molar-refractivity contribution in [2.45, 2.75) is 19.0 Å². The molecule has 0 bridgehead atoms. The fraction of sp³-hybridized carbons (Fsp3) is 0.385. The zero-order valence-corrected chi connectivity index (χ0v) is 9.37. The van der Waals surface area contributed by atoms with E-state index >= 15 is 0 Å². The van der Waals surface area contributed by atoms with Crippen LogP contribution < -0.4 is 0 Å². The van der Waals surface area contributed by atoms with Gasteiger partial charge in [-0.3, -0.25) is 0 Å². The van der Waals surface area contributed by atoms with Crippen LogP contribution in [-0.4, -0.2) is 35.0 Å². The van der Waals surface area contributed by atoms with Gasteiger partial charge in [-0.25, -0.2) is 0 Å². The number of piperazine rings is 1. The van der Waals surface area contributed by atoms with Gasteiger partial charge in [0, 0.05) is 24.5 Å². The monoisotopic (exact) mass is 202 g/mol. The first-order valence-electron chi connectivity index (χ1n) is 5.24. The zero-order chi connectivity index (χ0) is 11.2.